The molecule has 1 amide bonds. The molecule has 2 N–H and O–H groups in total. The van der Waals surface area contributed by atoms with Crippen LogP contribution < -0.4 is 10.0 Å². The Kier molecular flexibility index (Phi) is 5.27. The number of benzene rings is 1. The summed E-state index contributed by atoms with van der Waals surface area (Å²) in [6.45, 7) is 3.54. The van der Waals surface area contributed by atoms with Crippen molar-refractivity contribution >= 4 is 33.0 Å². The first-order valence-corrected chi connectivity index (χ1v) is 10.8. The van der Waals surface area contributed by atoms with Gasteiger partial charge in [-0.3, -0.25) is 4.79 Å². The first-order chi connectivity index (χ1) is 11.9. The van der Waals surface area contributed by atoms with Gasteiger partial charge in [0.15, 0.2) is 0 Å². The van der Waals surface area contributed by atoms with E-state index in [1.165, 1.54) is 29.0 Å². The summed E-state index contributed by atoms with van der Waals surface area (Å²) >= 11 is 1.65. The van der Waals surface area contributed by atoms with E-state index in [9.17, 15) is 13.2 Å². The van der Waals surface area contributed by atoms with Gasteiger partial charge in [-0.2, -0.15) is 0 Å². The van der Waals surface area contributed by atoms with Crippen LogP contribution in [-0.2, 0) is 22.9 Å². The molecule has 1 aromatic heterocycles. The quantitative estimate of drug-likeness (QED) is 0.835. The van der Waals surface area contributed by atoms with Crippen molar-refractivity contribution in [3.8, 4) is 0 Å². The molecule has 7 heteroatoms. The maximum Gasteiger partial charge on any atom is 0.256 e. The van der Waals surface area contributed by atoms with Crippen molar-refractivity contribution < 1.29 is 13.2 Å². The second-order valence-corrected chi connectivity index (χ2v) is 9.19. The van der Waals surface area contributed by atoms with E-state index in [0.717, 1.165) is 24.8 Å². The molecule has 1 aliphatic rings. The maximum absolute atomic E-state index is 12.5. The first-order valence-electron chi connectivity index (χ1n) is 8.40. The standard InChI is InChI=1S/C18H22N2O3S2/c1-12(2)20-25(22,23)14-9-7-13(8-10-14)19-18(21)16-11-24-17-6-4-3-5-15(16)17/h7-12,20H,3-6H2,1-2H3,(H,19,21). The Labute approximate surface area is 152 Å². The number of anilines is 1. The molecule has 134 valence electrons. The Balaban J connectivity index is 1.73. The molecule has 3 rings (SSSR count). The van der Waals surface area contributed by atoms with Gasteiger partial charge in [0.2, 0.25) is 10.0 Å². The van der Waals surface area contributed by atoms with Crippen LogP contribution in [0.25, 0.3) is 0 Å². The molecular weight excluding hydrogens is 356 g/mol. The number of nitrogens with one attached hydrogen (secondary N) is 2. The number of aryl methyl sites for hydroxylation is 1. The Hall–Kier alpha value is -1.70. The maximum atomic E-state index is 12.5. The molecule has 1 heterocycles. The number of hydrogen-bond acceptors (Lipinski definition) is 4. The van der Waals surface area contributed by atoms with Crippen molar-refractivity contribution in [3.63, 3.8) is 0 Å². The van der Waals surface area contributed by atoms with Crippen LogP contribution in [0.15, 0.2) is 34.5 Å². The Morgan fingerprint density at radius 3 is 2.48 bits per heavy atom. The Morgan fingerprint density at radius 1 is 1.12 bits per heavy atom. The molecule has 0 atom stereocenters. The molecule has 0 aliphatic heterocycles. The molecule has 0 fully saturated rings. The molecule has 0 radical (unpaired) electrons. The molecule has 0 spiro atoms. The van der Waals surface area contributed by atoms with Gasteiger partial charge in [0.05, 0.1) is 10.5 Å². The number of hydrogen-bond donors (Lipinski definition) is 2. The van der Waals surface area contributed by atoms with Crippen LogP contribution in [0.4, 0.5) is 5.69 Å². The molecule has 1 aromatic carbocycles. The number of carbonyl (C=O) groups is 1. The normalized spacial score (nSPS) is 14.4. The highest BCUT2D eigenvalue weighted by atomic mass is 32.2. The minimum absolute atomic E-state index is 0.129. The predicted octanol–water partition coefficient (Wildman–Crippen LogP) is 3.57. The summed E-state index contributed by atoms with van der Waals surface area (Å²) < 4.78 is 26.8. The lowest BCUT2D eigenvalue weighted by molar-refractivity contribution is 0.102. The minimum Gasteiger partial charge on any atom is -0.322 e. The number of thiophene rings is 1. The molecule has 1 aliphatic carbocycles. The third kappa shape index (κ3) is 4.11. The summed E-state index contributed by atoms with van der Waals surface area (Å²) in [5.41, 5.74) is 2.51. The summed E-state index contributed by atoms with van der Waals surface area (Å²) in [5, 5.41) is 4.79. The summed E-state index contributed by atoms with van der Waals surface area (Å²) in [6, 6.07) is 6.07. The second kappa shape index (κ2) is 7.27. The lowest BCUT2D eigenvalue weighted by atomic mass is 9.95. The third-order valence-corrected chi connectivity index (χ3v) is 6.88. The summed E-state index contributed by atoms with van der Waals surface area (Å²) in [7, 11) is -3.52. The van der Waals surface area contributed by atoms with Gasteiger partial charge < -0.3 is 5.32 Å². The van der Waals surface area contributed by atoms with Crippen molar-refractivity contribution in [2.45, 2.75) is 50.5 Å². The van der Waals surface area contributed by atoms with Gasteiger partial charge in [-0.15, -0.1) is 11.3 Å². The van der Waals surface area contributed by atoms with E-state index in [0.29, 0.717) is 5.69 Å². The van der Waals surface area contributed by atoms with E-state index in [4.69, 9.17) is 0 Å². The zero-order valence-corrected chi connectivity index (χ0v) is 16.0. The molecule has 0 saturated heterocycles. The van der Waals surface area contributed by atoms with Gasteiger partial charge in [0.25, 0.3) is 5.91 Å². The monoisotopic (exact) mass is 378 g/mol. The van der Waals surface area contributed by atoms with E-state index >= 15 is 0 Å². The molecule has 5 nitrogen and oxygen atoms in total. The summed E-state index contributed by atoms with van der Waals surface area (Å²) in [4.78, 5) is 14.0. The fraction of sp³-hybridized carbons (Fsp3) is 0.389. The van der Waals surface area contributed by atoms with Crippen molar-refractivity contribution in [3.05, 3.63) is 45.6 Å². The molecule has 2 aromatic rings. The van der Waals surface area contributed by atoms with Gasteiger partial charge in [0, 0.05) is 22.0 Å². The van der Waals surface area contributed by atoms with Crippen LogP contribution in [0, 0.1) is 0 Å². The zero-order chi connectivity index (χ0) is 18.0. The van der Waals surface area contributed by atoms with E-state index in [1.807, 2.05) is 5.38 Å². The highest BCUT2D eigenvalue weighted by molar-refractivity contribution is 7.89. The largest absolute Gasteiger partial charge is 0.322 e. The minimum atomic E-state index is -3.52. The fourth-order valence-corrected chi connectivity index (χ4v) is 5.36. The van der Waals surface area contributed by atoms with Gasteiger partial charge >= 0.3 is 0 Å². The average Bonchev–Trinajstić information content (AvgIpc) is 2.98. The zero-order valence-electron chi connectivity index (χ0n) is 14.3. The van der Waals surface area contributed by atoms with Crippen LogP contribution >= 0.6 is 11.3 Å². The van der Waals surface area contributed by atoms with Crippen LogP contribution in [0.2, 0.25) is 0 Å². The van der Waals surface area contributed by atoms with Crippen molar-refractivity contribution in [2.75, 3.05) is 5.32 Å². The van der Waals surface area contributed by atoms with Crippen LogP contribution in [0.5, 0.6) is 0 Å². The van der Waals surface area contributed by atoms with Crippen molar-refractivity contribution in [2.24, 2.45) is 0 Å². The van der Waals surface area contributed by atoms with Crippen LogP contribution in [-0.4, -0.2) is 20.4 Å². The highest BCUT2D eigenvalue weighted by Crippen LogP contribution is 2.30. The van der Waals surface area contributed by atoms with E-state index < -0.39 is 10.0 Å². The molecule has 0 bridgehead atoms. The molecular formula is C18H22N2O3S2. The lowest BCUT2D eigenvalue weighted by Crippen LogP contribution is -2.30. The first kappa shape index (κ1) is 18.1. The average molecular weight is 379 g/mol. The van der Waals surface area contributed by atoms with E-state index in [-0.39, 0.29) is 16.8 Å². The van der Waals surface area contributed by atoms with E-state index in [2.05, 4.69) is 10.0 Å². The number of rotatable bonds is 5. The second-order valence-electron chi connectivity index (χ2n) is 6.51. The number of carbonyl (C=O) groups excluding carboxylic acids is 1. The van der Waals surface area contributed by atoms with Gasteiger partial charge in [-0.05, 0) is 69.4 Å². The number of amides is 1. The highest BCUT2D eigenvalue weighted by Gasteiger charge is 2.20. The molecule has 0 saturated carbocycles. The number of fused-ring (bicyclic) bond motifs is 1. The smallest absolute Gasteiger partial charge is 0.256 e. The number of sulfonamides is 1. The summed E-state index contributed by atoms with van der Waals surface area (Å²) in [6.07, 6.45) is 4.33. The molecule has 0 unspecified atom stereocenters. The Bertz CT molecular complexity index is 868. The fourth-order valence-electron chi connectivity index (χ4n) is 2.98. The SMILES string of the molecule is CC(C)NS(=O)(=O)c1ccc(NC(=O)c2csc3c2CCCC3)cc1. The van der Waals surface area contributed by atoms with Crippen LogP contribution in [0.3, 0.4) is 0 Å². The van der Waals surface area contributed by atoms with Crippen LogP contribution in [0.1, 0.15) is 47.5 Å². The lowest BCUT2D eigenvalue weighted by Gasteiger charge is -2.13. The Morgan fingerprint density at radius 2 is 1.80 bits per heavy atom. The summed E-state index contributed by atoms with van der Waals surface area (Å²) in [5.74, 6) is -0.129. The van der Waals surface area contributed by atoms with Gasteiger partial charge in [-0.25, -0.2) is 13.1 Å². The predicted molar refractivity (Wildman–Crippen MR) is 101 cm³/mol. The topological polar surface area (TPSA) is 75.3 Å². The van der Waals surface area contributed by atoms with Gasteiger partial charge in [0.1, 0.15) is 0 Å². The van der Waals surface area contributed by atoms with Gasteiger partial charge in [-0.1, -0.05) is 0 Å². The van der Waals surface area contributed by atoms with Crippen molar-refractivity contribution in [1.29, 1.82) is 0 Å². The molecule has 25 heavy (non-hydrogen) atoms. The van der Waals surface area contributed by atoms with E-state index in [1.54, 1.807) is 37.3 Å². The van der Waals surface area contributed by atoms with Crippen molar-refractivity contribution in [1.82, 2.24) is 4.72 Å². The third-order valence-electron chi connectivity index (χ3n) is 4.12.